The Hall–Kier alpha value is -2.37. The van der Waals surface area contributed by atoms with E-state index in [0.717, 1.165) is 51.4 Å². The molecule has 1 aromatic rings. The summed E-state index contributed by atoms with van der Waals surface area (Å²) in [5.41, 5.74) is 2.03. The Morgan fingerprint density at radius 1 is 0.758 bits per heavy atom. The molecule has 0 aromatic heterocycles. The van der Waals surface area contributed by atoms with E-state index in [0.29, 0.717) is 35.8 Å². The van der Waals surface area contributed by atoms with Crippen LogP contribution in [0.1, 0.15) is 98.8 Å². The van der Waals surface area contributed by atoms with Crippen molar-refractivity contribution in [3.63, 3.8) is 0 Å². The summed E-state index contributed by atoms with van der Waals surface area (Å²) in [4.78, 5) is 37.5. The summed E-state index contributed by atoms with van der Waals surface area (Å²) < 4.78 is 0. The Balaban J connectivity index is 2.10. The van der Waals surface area contributed by atoms with Gasteiger partial charge in [0.05, 0.1) is 0 Å². The highest BCUT2D eigenvalue weighted by atomic mass is 16.2. The van der Waals surface area contributed by atoms with Gasteiger partial charge < -0.3 is 16.0 Å². The van der Waals surface area contributed by atoms with Gasteiger partial charge in [0.25, 0.3) is 0 Å². The van der Waals surface area contributed by atoms with E-state index < -0.39 is 0 Å². The number of nitrogens with one attached hydrogen (secondary N) is 3. The molecule has 0 radical (unpaired) electrons. The molecule has 1 aliphatic carbocycles. The van der Waals surface area contributed by atoms with Gasteiger partial charge in [0, 0.05) is 35.8 Å². The molecule has 1 saturated carbocycles. The first kappa shape index (κ1) is 26.9. The summed E-state index contributed by atoms with van der Waals surface area (Å²) >= 11 is 0. The number of anilines is 3. The molecule has 0 atom stereocenters. The largest absolute Gasteiger partial charge is 0.326 e. The van der Waals surface area contributed by atoms with Crippen molar-refractivity contribution in [1.29, 1.82) is 0 Å². The molecule has 0 bridgehead atoms. The van der Waals surface area contributed by atoms with Gasteiger partial charge in [-0.1, -0.05) is 47.5 Å². The zero-order valence-corrected chi connectivity index (χ0v) is 21.2. The topological polar surface area (TPSA) is 87.3 Å². The number of benzene rings is 1. The van der Waals surface area contributed by atoms with Crippen LogP contribution in [0.15, 0.2) is 18.2 Å². The van der Waals surface area contributed by atoms with Crippen LogP contribution in [0.25, 0.3) is 0 Å². The van der Waals surface area contributed by atoms with E-state index in [2.05, 4.69) is 36.7 Å². The second-order valence-electron chi connectivity index (χ2n) is 10.5. The number of carbonyl (C=O) groups is 3. The summed E-state index contributed by atoms with van der Waals surface area (Å²) in [5.74, 6) is 0.524. The number of rotatable bonds is 10. The lowest BCUT2D eigenvalue weighted by molar-refractivity contribution is -0.121. The molecular weight excluding hydrogens is 414 g/mol. The van der Waals surface area contributed by atoms with E-state index in [1.807, 2.05) is 13.8 Å². The molecule has 0 heterocycles. The van der Waals surface area contributed by atoms with Crippen molar-refractivity contribution in [2.24, 2.45) is 17.3 Å². The number of amides is 3. The smallest absolute Gasteiger partial charge is 0.227 e. The van der Waals surface area contributed by atoms with Crippen LogP contribution in [-0.4, -0.2) is 17.7 Å². The molecule has 33 heavy (non-hydrogen) atoms. The van der Waals surface area contributed by atoms with Gasteiger partial charge in [0.1, 0.15) is 0 Å². The van der Waals surface area contributed by atoms with E-state index in [-0.39, 0.29) is 29.1 Å². The summed E-state index contributed by atoms with van der Waals surface area (Å²) in [5, 5.41) is 8.85. The zero-order valence-electron chi connectivity index (χ0n) is 21.2. The van der Waals surface area contributed by atoms with Crippen LogP contribution in [0.2, 0.25) is 0 Å². The maximum Gasteiger partial charge on any atom is 0.227 e. The normalized spacial score (nSPS) is 18.5. The Kier molecular flexibility index (Phi) is 10.4. The lowest BCUT2D eigenvalue weighted by Gasteiger charge is -2.36. The van der Waals surface area contributed by atoms with Crippen molar-refractivity contribution in [2.75, 3.05) is 16.0 Å². The molecule has 6 nitrogen and oxygen atoms in total. The summed E-state index contributed by atoms with van der Waals surface area (Å²) in [6.07, 6.45) is 8.33. The van der Waals surface area contributed by atoms with Gasteiger partial charge in [0.15, 0.2) is 0 Å². The molecule has 1 aromatic carbocycles. The van der Waals surface area contributed by atoms with Crippen molar-refractivity contribution in [2.45, 2.75) is 98.8 Å². The van der Waals surface area contributed by atoms with E-state index in [1.165, 1.54) is 0 Å². The highest BCUT2D eigenvalue weighted by molar-refractivity contribution is 5.98. The second-order valence-corrected chi connectivity index (χ2v) is 10.5. The average molecular weight is 458 g/mol. The Labute approximate surface area is 199 Å². The minimum atomic E-state index is -0.0657. The third-order valence-corrected chi connectivity index (χ3v) is 6.61. The maximum atomic E-state index is 13.0. The molecule has 184 valence electrons. The molecular formula is C27H43N3O3. The second kappa shape index (κ2) is 12.8. The van der Waals surface area contributed by atoms with Gasteiger partial charge in [0.2, 0.25) is 17.7 Å². The van der Waals surface area contributed by atoms with Crippen LogP contribution in [0.3, 0.4) is 0 Å². The van der Waals surface area contributed by atoms with Crippen LogP contribution >= 0.6 is 0 Å². The fourth-order valence-corrected chi connectivity index (χ4v) is 4.43. The number of unbranched alkanes of at least 4 members (excludes halogenated alkanes) is 2. The zero-order chi connectivity index (χ0) is 24.4. The third kappa shape index (κ3) is 9.18. The van der Waals surface area contributed by atoms with E-state index in [9.17, 15) is 14.4 Å². The van der Waals surface area contributed by atoms with Crippen LogP contribution in [-0.2, 0) is 14.4 Å². The fraction of sp³-hybridized carbons (Fsp3) is 0.667. The Bertz CT molecular complexity index is 765. The lowest BCUT2D eigenvalue weighted by Crippen LogP contribution is -2.31. The third-order valence-electron chi connectivity index (χ3n) is 6.61. The summed E-state index contributed by atoms with van der Waals surface area (Å²) in [6, 6.07) is 5.28. The maximum absolute atomic E-state index is 13.0. The number of carbonyl (C=O) groups excluding carboxylic acids is 3. The van der Waals surface area contributed by atoms with Crippen molar-refractivity contribution >= 4 is 34.8 Å². The van der Waals surface area contributed by atoms with Gasteiger partial charge >= 0.3 is 0 Å². The summed E-state index contributed by atoms with van der Waals surface area (Å²) in [7, 11) is 0. The predicted molar refractivity (Wildman–Crippen MR) is 136 cm³/mol. The summed E-state index contributed by atoms with van der Waals surface area (Å²) in [6.45, 7) is 10.9. The minimum absolute atomic E-state index is 0.00556. The van der Waals surface area contributed by atoms with Gasteiger partial charge in [-0.15, -0.1) is 0 Å². The lowest BCUT2D eigenvalue weighted by atomic mass is 9.69. The Morgan fingerprint density at radius 2 is 1.18 bits per heavy atom. The Morgan fingerprint density at radius 3 is 1.58 bits per heavy atom. The van der Waals surface area contributed by atoms with Gasteiger partial charge in [-0.25, -0.2) is 0 Å². The molecule has 3 N–H and O–H groups in total. The van der Waals surface area contributed by atoms with Crippen LogP contribution < -0.4 is 16.0 Å². The van der Waals surface area contributed by atoms with Crippen molar-refractivity contribution in [3.8, 4) is 0 Å². The quantitative estimate of drug-likeness (QED) is 0.364. The molecule has 0 saturated heterocycles. The van der Waals surface area contributed by atoms with E-state index in [4.69, 9.17) is 0 Å². The first-order valence-corrected chi connectivity index (χ1v) is 12.7. The standard InChI is InChI=1S/C27H43N3O3/c1-6-8-10-24(31)28-21-16-22(29-25(32)11-9-7-2)18-23(17-21)30-26(33)19-12-14-20(15-13-19)27(3,4)5/h16-20H,6-15H2,1-5H3,(H,28,31)(H,29,32)(H,30,33)/t19-,20-. The number of hydrogen-bond acceptors (Lipinski definition) is 3. The first-order chi connectivity index (χ1) is 15.6. The van der Waals surface area contributed by atoms with Crippen molar-refractivity contribution in [3.05, 3.63) is 18.2 Å². The highest BCUT2D eigenvalue weighted by Crippen LogP contribution is 2.40. The van der Waals surface area contributed by atoms with Gasteiger partial charge in [-0.3, -0.25) is 14.4 Å². The molecule has 0 aliphatic heterocycles. The van der Waals surface area contributed by atoms with Crippen LogP contribution in [0.4, 0.5) is 17.1 Å². The number of hydrogen-bond donors (Lipinski definition) is 3. The fourth-order valence-electron chi connectivity index (χ4n) is 4.43. The molecule has 1 fully saturated rings. The monoisotopic (exact) mass is 457 g/mol. The minimum Gasteiger partial charge on any atom is -0.326 e. The van der Waals surface area contributed by atoms with E-state index in [1.54, 1.807) is 18.2 Å². The van der Waals surface area contributed by atoms with Crippen LogP contribution in [0, 0.1) is 17.3 Å². The molecule has 3 amide bonds. The van der Waals surface area contributed by atoms with E-state index >= 15 is 0 Å². The first-order valence-electron chi connectivity index (χ1n) is 12.7. The van der Waals surface area contributed by atoms with Crippen LogP contribution in [0.5, 0.6) is 0 Å². The van der Waals surface area contributed by atoms with Gasteiger partial charge in [-0.05, 0) is 68.1 Å². The highest BCUT2D eigenvalue weighted by Gasteiger charge is 2.32. The molecule has 0 spiro atoms. The molecule has 0 unspecified atom stereocenters. The molecule has 6 heteroatoms. The SMILES string of the molecule is CCCCC(=O)Nc1cc(NC(=O)CCCC)cc(NC(=O)[C@H]2CC[C@H](C(C)(C)C)CC2)c1. The molecule has 1 aliphatic rings. The van der Waals surface area contributed by atoms with Crippen molar-refractivity contribution in [1.82, 2.24) is 0 Å². The predicted octanol–water partition coefficient (Wildman–Crippen LogP) is 6.74. The average Bonchev–Trinajstić information content (AvgIpc) is 2.75. The van der Waals surface area contributed by atoms with Gasteiger partial charge in [-0.2, -0.15) is 0 Å². The van der Waals surface area contributed by atoms with Crippen molar-refractivity contribution < 1.29 is 14.4 Å². The molecule has 2 rings (SSSR count).